The Labute approximate surface area is 86.7 Å². The monoisotopic (exact) mass is 202 g/mol. The predicted octanol–water partition coefficient (Wildman–Crippen LogP) is 2.34. The van der Waals surface area contributed by atoms with E-state index in [1.165, 1.54) is 19.3 Å². The molecule has 2 unspecified atom stereocenters. The van der Waals surface area contributed by atoms with Gasteiger partial charge in [-0.25, -0.2) is 0 Å². The highest BCUT2D eigenvalue weighted by molar-refractivity contribution is 4.74. The van der Waals surface area contributed by atoms with Gasteiger partial charge < -0.3 is 14.2 Å². The molecule has 0 N–H and O–H groups in total. The lowest BCUT2D eigenvalue weighted by Gasteiger charge is -2.23. The average Bonchev–Trinajstić information content (AvgIpc) is 2.49. The molecule has 0 amide bonds. The van der Waals surface area contributed by atoms with Gasteiger partial charge in [0.25, 0.3) is 0 Å². The van der Waals surface area contributed by atoms with E-state index in [0.29, 0.717) is 13.2 Å². The summed E-state index contributed by atoms with van der Waals surface area (Å²) >= 11 is 0. The van der Waals surface area contributed by atoms with Crippen molar-refractivity contribution in [2.45, 2.75) is 51.4 Å². The van der Waals surface area contributed by atoms with Gasteiger partial charge in [0.2, 0.25) is 0 Å². The van der Waals surface area contributed by atoms with E-state index in [1.807, 2.05) is 6.92 Å². The van der Waals surface area contributed by atoms with Crippen molar-refractivity contribution < 1.29 is 14.2 Å². The zero-order chi connectivity index (χ0) is 10.4. The lowest BCUT2D eigenvalue weighted by molar-refractivity contribution is -0.163. The topological polar surface area (TPSA) is 27.7 Å². The maximum absolute atomic E-state index is 5.79. The minimum absolute atomic E-state index is 0.117. The van der Waals surface area contributed by atoms with Crippen LogP contribution in [0.2, 0.25) is 0 Å². The maximum Gasteiger partial charge on any atom is 0.166 e. The van der Waals surface area contributed by atoms with Gasteiger partial charge in [0, 0.05) is 13.5 Å². The smallest absolute Gasteiger partial charge is 0.166 e. The Balaban J connectivity index is 2.22. The summed E-state index contributed by atoms with van der Waals surface area (Å²) in [5, 5.41) is 0. The Hall–Kier alpha value is -0.120. The van der Waals surface area contributed by atoms with Crippen LogP contribution in [0.1, 0.15) is 39.5 Å². The number of ether oxygens (including phenoxy) is 3. The van der Waals surface area contributed by atoms with E-state index < -0.39 is 0 Å². The molecule has 1 aliphatic rings. The van der Waals surface area contributed by atoms with Gasteiger partial charge in [-0.1, -0.05) is 19.8 Å². The molecular weight excluding hydrogens is 180 g/mol. The van der Waals surface area contributed by atoms with Crippen molar-refractivity contribution in [2.24, 2.45) is 0 Å². The molecule has 0 saturated carbocycles. The molecule has 0 radical (unpaired) electrons. The van der Waals surface area contributed by atoms with E-state index in [4.69, 9.17) is 14.2 Å². The van der Waals surface area contributed by atoms with Crippen molar-refractivity contribution in [1.29, 1.82) is 0 Å². The summed E-state index contributed by atoms with van der Waals surface area (Å²) in [5.41, 5.74) is 0. The second-order valence-electron chi connectivity index (χ2n) is 4.10. The van der Waals surface area contributed by atoms with Crippen LogP contribution in [0.4, 0.5) is 0 Å². The van der Waals surface area contributed by atoms with Crippen LogP contribution in [0.15, 0.2) is 0 Å². The Morgan fingerprint density at radius 1 is 1.43 bits per heavy atom. The molecule has 1 aliphatic heterocycles. The molecule has 1 heterocycles. The molecule has 3 heteroatoms. The van der Waals surface area contributed by atoms with E-state index in [9.17, 15) is 0 Å². The summed E-state index contributed by atoms with van der Waals surface area (Å²) in [6.45, 7) is 5.52. The van der Waals surface area contributed by atoms with E-state index >= 15 is 0 Å². The van der Waals surface area contributed by atoms with E-state index in [1.54, 1.807) is 7.11 Å². The minimum atomic E-state index is -0.363. The molecule has 0 aromatic heterocycles. The Morgan fingerprint density at radius 3 is 2.86 bits per heavy atom. The van der Waals surface area contributed by atoms with Gasteiger partial charge in [-0.15, -0.1) is 0 Å². The highest BCUT2D eigenvalue weighted by atomic mass is 16.7. The third kappa shape index (κ3) is 3.56. The van der Waals surface area contributed by atoms with Crippen molar-refractivity contribution in [3.8, 4) is 0 Å². The molecule has 0 aromatic carbocycles. The summed E-state index contributed by atoms with van der Waals surface area (Å²) in [5.74, 6) is -0.363. The van der Waals surface area contributed by atoms with Crippen LogP contribution in [0.5, 0.6) is 0 Å². The Morgan fingerprint density at radius 2 is 2.21 bits per heavy atom. The number of unbranched alkanes of at least 4 members (excludes halogenated alkanes) is 2. The summed E-state index contributed by atoms with van der Waals surface area (Å²) in [4.78, 5) is 0. The highest BCUT2D eigenvalue weighted by Gasteiger charge is 2.36. The standard InChI is InChI=1S/C11H22O3/c1-4-5-6-7-11(2)13-9-10(14-11)8-12-3/h10H,4-9H2,1-3H3. The summed E-state index contributed by atoms with van der Waals surface area (Å²) < 4.78 is 16.5. The average molecular weight is 202 g/mol. The van der Waals surface area contributed by atoms with Crippen molar-refractivity contribution in [3.63, 3.8) is 0 Å². The first kappa shape index (κ1) is 12.0. The molecule has 1 rings (SSSR count). The van der Waals surface area contributed by atoms with Gasteiger partial charge in [-0.3, -0.25) is 0 Å². The molecule has 0 aromatic rings. The van der Waals surface area contributed by atoms with Crippen molar-refractivity contribution in [2.75, 3.05) is 20.3 Å². The van der Waals surface area contributed by atoms with E-state index in [-0.39, 0.29) is 11.9 Å². The van der Waals surface area contributed by atoms with Crippen molar-refractivity contribution >= 4 is 0 Å². The van der Waals surface area contributed by atoms with Crippen LogP contribution in [-0.2, 0) is 14.2 Å². The Bertz CT molecular complexity index is 161. The first-order valence-corrected chi connectivity index (χ1v) is 5.51. The fourth-order valence-electron chi connectivity index (χ4n) is 1.79. The van der Waals surface area contributed by atoms with Gasteiger partial charge in [-0.05, 0) is 13.3 Å². The molecule has 0 spiro atoms. The molecular formula is C11H22O3. The van der Waals surface area contributed by atoms with Crippen LogP contribution in [0, 0.1) is 0 Å². The molecule has 0 bridgehead atoms. The Kier molecular flexibility index (Phi) is 4.85. The molecule has 1 fully saturated rings. The molecule has 0 aliphatic carbocycles. The van der Waals surface area contributed by atoms with Crippen LogP contribution in [-0.4, -0.2) is 32.2 Å². The minimum Gasteiger partial charge on any atom is -0.382 e. The lowest BCUT2D eigenvalue weighted by Crippen LogP contribution is -2.27. The summed E-state index contributed by atoms with van der Waals surface area (Å²) in [6, 6.07) is 0. The first-order chi connectivity index (χ1) is 6.70. The van der Waals surface area contributed by atoms with Crippen LogP contribution in [0.25, 0.3) is 0 Å². The zero-order valence-electron chi connectivity index (χ0n) is 9.54. The zero-order valence-corrected chi connectivity index (χ0v) is 9.54. The maximum atomic E-state index is 5.79. The largest absolute Gasteiger partial charge is 0.382 e. The van der Waals surface area contributed by atoms with Crippen LogP contribution in [0.3, 0.4) is 0 Å². The van der Waals surface area contributed by atoms with Gasteiger partial charge in [0.05, 0.1) is 13.2 Å². The molecule has 3 nitrogen and oxygen atoms in total. The second kappa shape index (κ2) is 5.69. The second-order valence-corrected chi connectivity index (χ2v) is 4.10. The van der Waals surface area contributed by atoms with Crippen LogP contribution < -0.4 is 0 Å². The van der Waals surface area contributed by atoms with E-state index in [2.05, 4.69) is 6.92 Å². The fourth-order valence-corrected chi connectivity index (χ4v) is 1.79. The first-order valence-electron chi connectivity index (χ1n) is 5.51. The van der Waals surface area contributed by atoms with Crippen LogP contribution >= 0.6 is 0 Å². The predicted molar refractivity (Wildman–Crippen MR) is 55.2 cm³/mol. The SMILES string of the molecule is CCCCCC1(C)OCC(COC)O1. The summed E-state index contributed by atoms with van der Waals surface area (Å²) in [6.07, 6.45) is 4.76. The van der Waals surface area contributed by atoms with Gasteiger partial charge in [0.15, 0.2) is 5.79 Å². The van der Waals surface area contributed by atoms with Crippen molar-refractivity contribution in [3.05, 3.63) is 0 Å². The fraction of sp³-hybridized carbons (Fsp3) is 1.00. The molecule has 2 atom stereocenters. The van der Waals surface area contributed by atoms with Gasteiger partial charge in [-0.2, -0.15) is 0 Å². The number of hydrogen-bond acceptors (Lipinski definition) is 3. The van der Waals surface area contributed by atoms with Gasteiger partial charge >= 0.3 is 0 Å². The molecule has 84 valence electrons. The molecule has 1 saturated heterocycles. The summed E-state index contributed by atoms with van der Waals surface area (Å²) in [7, 11) is 1.69. The number of methoxy groups -OCH3 is 1. The van der Waals surface area contributed by atoms with Crippen molar-refractivity contribution in [1.82, 2.24) is 0 Å². The number of rotatable bonds is 6. The lowest BCUT2D eigenvalue weighted by atomic mass is 10.1. The highest BCUT2D eigenvalue weighted by Crippen LogP contribution is 2.28. The number of hydrogen-bond donors (Lipinski definition) is 0. The third-order valence-corrected chi connectivity index (χ3v) is 2.58. The van der Waals surface area contributed by atoms with Gasteiger partial charge in [0.1, 0.15) is 6.10 Å². The normalized spacial score (nSPS) is 32.4. The van der Waals surface area contributed by atoms with E-state index in [0.717, 1.165) is 6.42 Å². The third-order valence-electron chi connectivity index (χ3n) is 2.58. The molecule has 14 heavy (non-hydrogen) atoms. The quantitative estimate of drug-likeness (QED) is 0.619.